The molecule has 2 aromatic rings. The highest BCUT2D eigenvalue weighted by Gasteiger charge is 2.23. The van der Waals surface area contributed by atoms with Crippen LogP contribution in [0.5, 0.6) is 0 Å². The third kappa shape index (κ3) is 4.76. The second-order valence-electron chi connectivity index (χ2n) is 7.51. The van der Waals surface area contributed by atoms with Gasteiger partial charge in [-0.25, -0.2) is 4.98 Å². The summed E-state index contributed by atoms with van der Waals surface area (Å²) in [4.78, 5) is 23.6. The van der Waals surface area contributed by atoms with Crippen molar-refractivity contribution in [3.8, 4) is 0 Å². The van der Waals surface area contributed by atoms with Crippen LogP contribution in [-0.2, 0) is 0 Å². The first-order valence-electron chi connectivity index (χ1n) is 9.59. The number of hydrogen-bond donors (Lipinski definition) is 2. The first-order chi connectivity index (χ1) is 12.9. The van der Waals surface area contributed by atoms with Crippen molar-refractivity contribution in [2.45, 2.75) is 51.6 Å². The SMILES string of the molecule is Cc1nc(NC2CCC(NC(=O)c3ccccc3)CC2)nc(N(C)C)c1C. The van der Waals surface area contributed by atoms with E-state index in [0.29, 0.717) is 12.0 Å². The number of nitrogens with zero attached hydrogens (tertiary/aromatic N) is 3. The average Bonchev–Trinajstić information content (AvgIpc) is 2.66. The van der Waals surface area contributed by atoms with Gasteiger partial charge in [-0.2, -0.15) is 4.98 Å². The molecule has 144 valence electrons. The Balaban J connectivity index is 1.55. The quantitative estimate of drug-likeness (QED) is 0.848. The predicted octanol–water partition coefficient (Wildman–Crippen LogP) is 3.31. The van der Waals surface area contributed by atoms with Crippen LogP contribution in [0.1, 0.15) is 47.3 Å². The second kappa shape index (κ2) is 8.37. The van der Waals surface area contributed by atoms with Crippen molar-refractivity contribution >= 4 is 17.7 Å². The summed E-state index contributed by atoms with van der Waals surface area (Å²) in [5, 5.41) is 6.64. The van der Waals surface area contributed by atoms with Crippen molar-refractivity contribution in [3.63, 3.8) is 0 Å². The fraction of sp³-hybridized carbons (Fsp3) is 0.476. The van der Waals surface area contributed by atoms with E-state index < -0.39 is 0 Å². The fourth-order valence-electron chi connectivity index (χ4n) is 3.54. The van der Waals surface area contributed by atoms with Gasteiger partial charge in [0.15, 0.2) is 0 Å². The minimum absolute atomic E-state index is 0.0140. The van der Waals surface area contributed by atoms with Crippen molar-refractivity contribution in [3.05, 3.63) is 47.2 Å². The highest BCUT2D eigenvalue weighted by atomic mass is 16.1. The number of anilines is 2. The molecule has 0 saturated heterocycles. The summed E-state index contributed by atoms with van der Waals surface area (Å²) < 4.78 is 0. The van der Waals surface area contributed by atoms with Gasteiger partial charge in [0, 0.05) is 43.0 Å². The predicted molar refractivity (Wildman–Crippen MR) is 109 cm³/mol. The van der Waals surface area contributed by atoms with Gasteiger partial charge in [-0.05, 0) is 51.7 Å². The lowest BCUT2D eigenvalue weighted by molar-refractivity contribution is 0.0926. The Bertz CT molecular complexity index is 783. The Morgan fingerprint density at radius 2 is 1.63 bits per heavy atom. The largest absolute Gasteiger partial charge is 0.362 e. The highest BCUT2D eigenvalue weighted by Crippen LogP contribution is 2.24. The molecule has 1 saturated carbocycles. The monoisotopic (exact) mass is 367 g/mol. The molecule has 6 heteroatoms. The molecule has 6 nitrogen and oxygen atoms in total. The lowest BCUT2D eigenvalue weighted by Gasteiger charge is -2.30. The van der Waals surface area contributed by atoms with Crippen LogP contribution in [0.2, 0.25) is 0 Å². The summed E-state index contributed by atoms with van der Waals surface area (Å²) >= 11 is 0. The number of carbonyl (C=O) groups excluding carboxylic acids is 1. The summed E-state index contributed by atoms with van der Waals surface area (Å²) in [6.45, 7) is 4.07. The zero-order valence-corrected chi connectivity index (χ0v) is 16.6. The normalized spacial score (nSPS) is 19.4. The van der Waals surface area contributed by atoms with Gasteiger partial charge >= 0.3 is 0 Å². The molecule has 0 spiro atoms. The Hall–Kier alpha value is -2.63. The van der Waals surface area contributed by atoms with Crippen LogP contribution in [0, 0.1) is 13.8 Å². The van der Waals surface area contributed by atoms with Crippen LogP contribution in [-0.4, -0.2) is 42.1 Å². The van der Waals surface area contributed by atoms with Crippen LogP contribution in [0.25, 0.3) is 0 Å². The topological polar surface area (TPSA) is 70.1 Å². The second-order valence-corrected chi connectivity index (χ2v) is 7.51. The molecule has 0 radical (unpaired) electrons. The Morgan fingerprint density at radius 1 is 1.00 bits per heavy atom. The van der Waals surface area contributed by atoms with Gasteiger partial charge in [0.25, 0.3) is 5.91 Å². The number of aryl methyl sites for hydroxylation is 1. The number of amides is 1. The summed E-state index contributed by atoms with van der Waals surface area (Å²) in [5.41, 5.74) is 2.83. The van der Waals surface area contributed by atoms with Crippen LogP contribution in [0.15, 0.2) is 30.3 Å². The standard InChI is InChI=1S/C21H29N5O/c1-14-15(2)22-21(25-19(14)26(3)4)24-18-12-10-17(11-13-18)23-20(27)16-8-6-5-7-9-16/h5-9,17-18H,10-13H2,1-4H3,(H,23,27)(H,22,24,25). The molecule has 1 heterocycles. The van der Waals surface area contributed by atoms with E-state index in [9.17, 15) is 4.79 Å². The molecule has 0 atom stereocenters. The molecule has 1 aliphatic rings. The molecule has 0 aliphatic heterocycles. The molecule has 0 unspecified atom stereocenters. The van der Waals surface area contributed by atoms with Crippen molar-refractivity contribution in [1.82, 2.24) is 15.3 Å². The van der Waals surface area contributed by atoms with Crippen LogP contribution in [0.3, 0.4) is 0 Å². The molecule has 2 N–H and O–H groups in total. The molecule has 27 heavy (non-hydrogen) atoms. The third-order valence-electron chi connectivity index (χ3n) is 5.22. The number of hydrogen-bond acceptors (Lipinski definition) is 5. The first-order valence-corrected chi connectivity index (χ1v) is 9.59. The van der Waals surface area contributed by atoms with Crippen LogP contribution >= 0.6 is 0 Å². The van der Waals surface area contributed by atoms with Gasteiger partial charge in [0.1, 0.15) is 5.82 Å². The van der Waals surface area contributed by atoms with Gasteiger partial charge in [-0.3, -0.25) is 4.79 Å². The maximum absolute atomic E-state index is 12.3. The molecular formula is C21H29N5O. The van der Waals surface area contributed by atoms with Gasteiger partial charge < -0.3 is 15.5 Å². The average molecular weight is 367 g/mol. The molecule has 0 bridgehead atoms. The van der Waals surface area contributed by atoms with E-state index in [1.54, 1.807) is 0 Å². The molecule has 1 fully saturated rings. The molecule has 1 amide bonds. The number of nitrogens with one attached hydrogen (secondary N) is 2. The van der Waals surface area contributed by atoms with Gasteiger partial charge in [0.05, 0.1) is 0 Å². The van der Waals surface area contributed by atoms with Crippen LogP contribution in [0.4, 0.5) is 11.8 Å². The number of benzene rings is 1. The molecule has 3 rings (SSSR count). The van der Waals surface area contributed by atoms with Crippen molar-refractivity contribution in [2.75, 3.05) is 24.3 Å². The van der Waals surface area contributed by atoms with Gasteiger partial charge in [-0.15, -0.1) is 0 Å². The maximum atomic E-state index is 12.3. The lowest BCUT2D eigenvalue weighted by atomic mass is 9.91. The molecule has 1 aromatic heterocycles. The van der Waals surface area contributed by atoms with E-state index in [-0.39, 0.29) is 11.9 Å². The summed E-state index contributed by atoms with van der Waals surface area (Å²) in [6, 6.07) is 9.97. The molecular weight excluding hydrogens is 338 g/mol. The Morgan fingerprint density at radius 3 is 2.26 bits per heavy atom. The first kappa shape index (κ1) is 19.1. The Kier molecular flexibility index (Phi) is 5.94. The van der Waals surface area contributed by atoms with Crippen molar-refractivity contribution in [2.24, 2.45) is 0 Å². The Labute approximate surface area is 161 Å². The lowest BCUT2D eigenvalue weighted by Crippen LogP contribution is -2.40. The summed E-state index contributed by atoms with van der Waals surface area (Å²) in [5.74, 6) is 1.66. The number of carbonyl (C=O) groups is 1. The smallest absolute Gasteiger partial charge is 0.251 e. The third-order valence-corrected chi connectivity index (χ3v) is 5.22. The highest BCUT2D eigenvalue weighted by molar-refractivity contribution is 5.94. The molecule has 1 aliphatic carbocycles. The van der Waals surface area contributed by atoms with E-state index in [1.807, 2.05) is 56.3 Å². The van der Waals surface area contributed by atoms with E-state index in [2.05, 4.69) is 27.5 Å². The minimum atomic E-state index is 0.0140. The van der Waals surface area contributed by atoms with Gasteiger partial charge in [0.2, 0.25) is 5.95 Å². The van der Waals surface area contributed by atoms with Crippen LogP contribution < -0.4 is 15.5 Å². The number of rotatable bonds is 5. The minimum Gasteiger partial charge on any atom is -0.362 e. The van der Waals surface area contributed by atoms with Crippen molar-refractivity contribution in [1.29, 1.82) is 0 Å². The zero-order chi connectivity index (χ0) is 19.4. The van der Waals surface area contributed by atoms with E-state index in [4.69, 9.17) is 0 Å². The van der Waals surface area contributed by atoms with E-state index in [1.165, 1.54) is 0 Å². The fourth-order valence-corrected chi connectivity index (χ4v) is 3.54. The maximum Gasteiger partial charge on any atom is 0.251 e. The summed E-state index contributed by atoms with van der Waals surface area (Å²) in [6.07, 6.45) is 3.91. The van der Waals surface area contributed by atoms with Gasteiger partial charge in [-0.1, -0.05) is 18.2 Å². The van der Waals surface area contributed by atoms with E-state index >= 15 is 0 Å². The van der Waals surface area contributed by atoms with Crippen molar-refractivity contribution < 1.29 is 4.79 Å². The zero-order valence-electron chi connectivity index (χ0n) is 16.6. The number of aromatic nitrogens is 2. The molecule has 1 aromatic carbocycles. The van der Waals surface area contributed by atoms with E-state index in [0.717, 1.165) is 48.3 Å². The summed E-state index contributed by atoms with van der Waals surface area (Å²) in [7, 11) is 4.00.